The molecule has 0 aliphatic carbocycles. The third kappa shape index (κ3) is 3.32. The van der Waals surface area contributed by atoms with Crippen molar-refractivity contribution >= 4 is 11.7 Å². The van der Waals surface area contributed by atoms with Crippen LogP contribution < -0.4 is 5.32 Å². The van der Waals surface area contributed by atoms with Crippen molar-refractivity contribution in [2.24, 2.45) is 5.92 Å². The number of anilines is 1. The highest BCUT2D eigenvalue weighted by atomic mass is 19.1. The molecule has 0 saturated carbocycles. The smallest absolute Gasteiger partial charge is 0.308 e. The van der Waals surface area contributed by atoms with E-state index in [0.29, 0.717) is 23.3 Å². The van der Waals surface area contributed by atoms with Crippen molar-refractivity contribution in [1.29, 1.82) is 0 Å². The molecule has 2 saturated heterocycles. The van der Waals surface area contributed by atoms with Gasteiger partial charge < -0.3 is 10.2 Å². The Morgan fingerprint density at radius 1 is 1.16 bits per heavy atom. The fourth-order valence-corrected chi connectivity index (χ4v) is 5.08. The first kappa shape index (κ1) is 19.5. The molecule has 2 fully saturated rings. The van der Waals surface area contributed by atoms with E-state index in [0.717, 1.165) is 42.8 Å². The lowest BCUT2D eigenvalue weighted by molar-refractivity contribution is -0.100. The summed E-state index contributed by atoms with van der Waals surface area (Å²) in [5.41, 5.74) is 1.87. The average Bonchev–Trinajstić information content (AvgIpc) is 2.76. The number of hydrogen-bond acceptors (Lipinski definition) is 5. The van der Waals surface area contributed by atoms with Gasteiger partial charge in [-0.1, -0.05) is 13.0 Å². The zero-order valence-corrected chi connectivity index (χ0v) is 17.4. The van der Waals surface area contributed by atoms with Crippen LogP contribution in [0.3, 0.4) is 0 Å². The molecule has 1 aromatic carbocycles. The van der Waals surface area contributed by atoms with Crippen LogP contribution >= 0.6 is 0 Å². The third-order valence-corrected chi connectivity index (χ3v) is 6.31. The number of halogens is 1. The van der Waals surface area contributed by atoms with Crippen LogP contribution in [0.1, 0.15) is 37.6 Å². The molecule has 2 aromatic heterocycles. The summed E-state index contributed by atoms with van der Waals surface area (Å²) in [5, 5.41) is 3.03. The topological polar surface area (TPSA) is 83.9 Å². The van der Waals surface area contributed by atoms with E-state index in [1.807, 2.05) is 30.0 Å². The van der Waals surface area contributed by atoms with E-state index in [4.69, 9.17) is 0 Å². The minimum atomic E-state index is -0.488. The predicted octanol–water partition coefficient (Wildman–Crippen LogP) is 4.31. The van der Waals surface area contributed by atoms with E-state index < -0.39 is 11.4 Å². The molecule has 1 unspecified atom stereocenters. The van der Waals surface area contributed by atoms with Crippen LogP contribution in [0.25, 0.3) is 11.4 Å². The second-order valence-corrected chi connectivity index (χ2v) is 8.56. The summed E-state index contributed by atoms with van der Waals surface area (Å²) in [4.78, 5) is 32.4. The molecule has 31 heavy (non-hydrogen) atoms. The van der Waals surface area contributed by atoms with Gasteiger partial charge in [-0.25, -0.2) is 29.1 Å². The number of hydrogen-bond donors (Lipinski definition) is 1. The Balaban J connectivity index is 1.42. The van der Waals surface area contributed by atoms with Gasteiger partial charge in [0, 0.05) is 29.7 Å². The van der Waals surface area contributed by atoms with Crippen LogP contribution in [0.2, 0.25) is 0 Å². The van der Waals surface area contributed by atoms with Crippen molar-refractivity contribution < 1.29 is 9.18 Å². The molecule has 5 rings (SSSR count). The van der Waals surface area contributed by atoms with E-state index in [-0.39, 0.29) is 12.1 Å². The van der Waals surface area contributed by atoms with Gasteiger partial charge in [0.05, 0.1) is 12.4 Å². The number of nitrogens with zero attached hydrogens (tertiary/aromatic N) is 5. The van der Waals surface area contributed by atoms with Crippen LogP contribution in [0.15, 0.2) is 49.1 Å². The number of aryl methyl sites for hydroxylation is 1. The molecular weight excluding hydrogens is 395 g/mol. The number of carbonyl (C=O) groups is 1. The highest BCUT2D eigenvalue weighted by Gasteiger charge is 2.60. The van der Waals surface area contributed by atoms with E-state index in [1.165, 1.54) is 0 Å². The number of benzene rings is 1. The molecule has 2 amide bonds. The summed E-state index contributed by atoms with van der Waals surface area (Å²) in [6.45, 7) is 4.14. The van der Waals surface area contributed by atoms with Gasteiger partial charge in [-0.3, -0.25) is 0 Å². The summed E-state index contributed by atoms with van der Waals surface area (Å²) >= 11 is 0. The molecular formula is C23H23FN6O. The maximum atomic E-state index is 13.3. The van der Waals surface area contributed by atoms with Crippen molar-refractivity contribution in [2.75, 3.05) is 5.32 Å². The predicted molar refractivity (Wildman–Crippen MR) is 114 cm³/mol. The number of rotatable bonds is 3. The van der Waals surface area contributed by atoms with E-state index in [9.17, 15) is 9.18 Å². The van der Waals surface area contributed by atoms with Gasteiger partial charge in [0.25, 0.3) is 0 Å². The van der Waals surface area contributed by atoms with Crippen LogP contribution in [0.5, 0.6) is 0 Å². The second-order valence-electron chi connectivity index (χ2n) is 8.56. The van der Waals surface area contributed by atoms with Gasteiger partial charge in [0.1, 0.15) is 5.54 Å². The van der Waals surface area contributed by atoms with Gasteiger partial charge >= 0.3 is 6.03 Å². The Hall–Kier alpha value is -3.42. The monoisotopic (exact) mass is 418 g/mol. The molecule has 2 bridgehead atoms. The molecule has 3 aromatic rings. The van der Waals surface area contributed by atoms with Gasteiger partial charge in [0.2, 0.25) is 0 Å². The molecule has 3 atom stereocenters. The van der Waals surface area contributed by atoms with Crippen molar-refractivity contribution in [2.45, 2.75) is 44.7 Å². The van der Waals surface area contributed by atoms with Crippen LogP contribution in [-0.4, -0.2) is 36.9 Å². The minimum absolute atomic E-state index is 0.162. The number of carbonyl (C=O) groups excluding carboxylic acids is 1. The SMILES string of the molecule is Cc1ccc(NC(=O)N2[C@@H]3C[C@H](C)CC2(c2ncccn2)C3)cc1-c1ncc(F)cn1. The van der Waals surface area contributed by atoms with Crippen LogP contribution in [0, 0.1) is 18.7 Å². The first-order valence-electron chi connectivity index (χ1n) is 10.4. The number of fused-ring (bicyclic) bond motifs is 2. The Bertz CT molecular complexity index is 1120. The second kappa shape index (κ2) is 7.37. The lowest BCUT2D eigenvalue weighted by atomic mass is 9.64. The van der Waals surface area contributed by atoms with Crippen LogP contribution in [0.4, 0.5) is 14.9 Å². The zero-order valence-electron chi connectivity index (χ0n) is 17.4. The Morgan fingerprint density at radius 2 is 1.90 bits per heavy atom. The lowest BCUT2D eigenvalue weighted by Gasteiger charge is -2.62. The largest absolute Gasteiger partial charge is 0.322 e. The first-order valence-corrected chi connectivity index (χ1v) is 10.4. The number of nitrogens with one attached hydrogen (secondary N) is 1. The highest BCUT2D eigenvalue weighted by Crippen LogP contribution is 2.54. The quantitative estimate of drug-likeness (QED) is 0.685. The maximum Gasteiger partial charge on any atom is 0.322 e. The van der Waals surface area contributed by atoms with Crippen molar-refractivity contribution in [3.05, 3.63) is 66.3 Å². The van der Waals surface area contributed by atoms with Gasteiger partial charge in [0.15, 0.2) is 17.5 Å². The molecule has 0 spiro atoms. The van der Waals surface area contributed by atoms with Crippen molar-refractivity contribution in [1.82, 2.24) is 24.8 Å². The van der Waals surface area contributed by atoms with Gasteiger partial charge in [-0.2, -0.15) is 0 Å². The van der Waals surface area contributed by atoms with Crippen LogP contribution in [-0.2, 0) is 5.54 Å². The summed E-state index contributed by atoms with van der Waals surface area (Å²) in [6, 6.07) is 7.38. The number of amides is 2. The molecule has 2 aliphatic heterocycles. The fraction of sp³-hybridized carbons (Fsp3) is 0.348. The molecule has 0 radical (unpaired) electrons. The molecule has 4 heterocycles. The number of urea groups is 1. The number of aromatic nitrogens is 4. The normalized spacial score (nSPS) is 24.4. The van der Waals surface area contributed by atoms with Crippen molar-refractivity contribution in [3.63, 3.8) is 0 Å². The highest BCUT2D eigenvalue weighted by molar-refractivity contribution is 5.92. The zero-order chi connectivity index (χ0) is 21.6. The molecule has 7 nitrogen and oxygen atoms in total. The van der Waals surface area contributed by atoms with E-state index in [2.05, 4.69) is 32.2 Å². The standard InChI is InChI=1S/C23H23FN6O/c1-14-8-18-11-23(10-14,21-25-6-3-7-26-21)30(18)22(31)29-17-5-4-15(2)19(9-17)20-27-12-16(24)13-28-20/h3-7,9,12-14,18H,8,10-11H2,1-2H3,(H,29,31)/t14-,18+,23?/m0/s1. The Labute approximate surface area is 179 Å². The maximum absolute atomic E-state index is 13.3. The summed E-state index contributed by atoms with van der Waals surface area (Å²) in [5.74, 6) is 1.14. The third-order valence-electron chi connectivity index (χ3n) is 6.31. The van der Waals surface area contributed by atoms with E-state index in [1.54, 1.807) is 18.5 Å². The summed E-state index contributed by atoms with van der Waals surface area (Å²) < 4.78 is 13.2. The van der Waals surface area contributed by atoms with E-state index >= 15 is 0 Å². The minimum Gasteiger partial charge on any atom is -0.308 e. The average molecular weight is 418 g/mol. The molecule has 1 N–H and O–H groups in total. The summed E-state index contributed by atoms with van der Waals surface area (Å²) in [6.07, 6.45) is 8.45. The Kier molecular flexibility index (Phi) is 4.64. The lowest BCUT2D eigenvalue weighted by Crippen LogP contribution is -2.70. The molecule has 8 heteroatoms. The van der Waals surface area contributed by atoms with Crippen molar-refractivity contribution in [3.8, 4) is 11.4 Å². The summed E-state index contributed by atoms with van der Waals surface area (Å²) in [7, 11) is 0. The number of piperidine rings is 1. The Morgan fingerprint density at radius 3 is 2.65 bits per heavy atom. The van der Waals surface area contributed by atoms with Gasteiger partial charge in [-0.05, 0) is 55.9 Å². The molecule has 2 aliphatic rings. The fourth-order valence-electron chi connectivity index (χ4n) is 5.08. The van der Waals surface area contributed by atoms with Gasteiger partial charge in [-0.15, -0.1) is 0 Å². The molecule has 158 valence electrons. The first-order chi connectivity index (χ1) is 15.0.